The number of aliphatic carboxylic acids is 2. The number of nitrogens with zero attached hydrogens (tertiary/aromatic N) is 2. The molecule has 1 atom stereocenters. The Labute approximate surface area is 151 Å². The predicted octanol–water partition coefficient (Wildman–Crippen LogP) is 2.15. The highest BCUT2D eigenvalue weighted by Gasteiger charge is 2.39. The summed E-state index contributed by atoms with van der Waals surface area (Å²) in [6.07, 6.45) is 2.18. The first-order valence-electron chi connectivity index (χ1n) is 8.05. The summed E-state index contributed by atoms with van der Waals surface area (Å²) in [6.45, 7) is 3.64. The summed E-state index contributed by atoms with van der Waals surface area (Å²) < 4.78 is 12.2. The standard InChI is InChI=1S/C18H22N2O6/c1-5-14-19-10(2)9-20(14)16(15(17(21)22)18(23)24)12-7-6-11(25-3)8-13(12)26-4/h6-9,15-16H,5H2,1-4H3,(H,21,22)(H,23,24). The van der Waals surface area contributed by atoms with E-state index in [1.807, 2.05) is 6.92 Å². The van der Waals surface area contributed by atoms with Gasteiger partial charge in [-0.2, -0.15) is 0 Å². The van der Waals surface area contributed by atoms with Crippen LogP contribution >= 0.6 is 0 Å². The number of carboxylic acids is 2. The van der Waals surface area contributed by atoms with Gasteiger partial charge in [0.05, 0.1) is 26.0 Å². The highest BCUT2D eigenvalue weighted by atomic mass is 16.5. The molecule has 2 rings (SSSR count). The first-order chi connectivity index (χ1) is 12.3. The van der Waals surface area contributed by atoms with Gasteiger partial charge in [0.15, 0.2) is 5.92 Å². The van der Waals surface area contributed by atoms with E-state index in [0.29, 0.717) is 35.0 Å². The molecule has 0 aliphatic heterocycles. The first kappa shape index (κ1) is 19.3. The minimum Gasteiger partial charge on any atom is -0.497 e. The molecule has 0 fully saturated rings. The van der Waals surface area contributed by atoms with Gasteiger partial charge in [0.1, 0.15) is 17.3 Å². The van der Waals surface area contributed by atoms with Crippen molar-refractivity contribution in [3.63, 3.8) is 0 Å². The molecule has 8 nitrogen and oxygen atoms in total. The number of ether oxygens (including phenoxy) is 2. The van der Waals surface area contributed by atoms with E-state index in [1.165, 1.54) is 14.2 Å². The normalized spacial score (nSPS) is 12.0. The van der Waals surface area contributed by atoms with E-state index < -0.39 is 23.9 Å². The van der Waals surface area contributed by atoms with Crippen molar-refractivity contribution in [1.82, 2.24) is 9.55 Å². The van der Waals surface area contributed by atoms with Crippen LogP contribution in [0.4, 0.5) is 0 Å². The molecule has 1 aromatic carbocycles. The maximum Gasteiger partial charge on any atom is 0.320 e. The van der Waals surface area contributed by atoms with Crippen molar-refractivity contribution in [2.24, 2.45) is 5.92 Å². The number of benzene rings is 1. The Morgan fingerprint density at radius 1 is 1.19 bits per heavy atom. The molecule has 0 saturated carbocycles. The molecule has 2 aromatic rings. The van der Waals surface area contributed by atoms with E-state index in [4.69, 9.17) is 9.47 Å². The second kappa shape index (κ2) is 7.90. The molecule has 0 aliphatic rings. The summed E-state index contributed by atoms with van der Waals surface area (Å²) in [4.78, 5) is 27.9. The Balaban J connectivity index is 2.76. The number of rotatable bonds is 8. The largest absolute Gasteiger partial charge is 0.497 e. The molecule has 8 heteroatoms. The summed E-state index contributed by atoms with van der Waals surface area (Å²) in [5.41, 5.74) is 1.10. The first-order valence-corrected chi connectivity index (χ1v) is 8.05. The van der Waals surface area contributed by atoms with E-state index in [2.05, 4.69) is 4.98 Å². The van der Waals surface area contributed by atoms with Gasteiger partial charge in [-0.3, -0.25) is 9.59 Å². The number of carbonyl (C=O) groups is 2. The van der Waals surface area contributed by atoms with Crippen molar-refractivity contribution in [2.75, 3.05) is 14.2 Å². The van der Waals surface area contributed by atoms with Crippen LogP contribution in [0.25, 0.3) is 0 Å². The molecule has 0 spiro atoms. The highest BCUT2D eigenvalue weighted by Crippen LogP contribution is 2.37. The Morgan fingerprint density at radius 2 is 1.85 bits per heavy atom. The highest BCUT2D eigenvalue weighted by molar-refractivity contribution is 5.94. The molecule has 1 heterocycles. The summed E-state index contributed by atoms with van der Waals surface area (Å²) in [7, 11) is 2.93. The van der Waals surface area contributed by atoms with Crippen LogP contribution < -0.4 is 9.47 Å². The smallest absolute Gasteiger partial charge is 0.320 e. The third kappa shape index (κ3) is 3.63. The summed E-state index contributed by atoms with van der Waals surface area (Å²) in [6, 6.07) is 3.83. The number of methoxy groups -OCH3 is 2. The zero-order valence-electron chi connectivity index (χ0n) is 15.1. The van der Waals surface area contributed by atoms with Gasteiger partial charge in [-0.1, -0.05) is 6.92 Å². The lowest BCUT2D eigenvalue weighted by molar-refractivity contribution is -0.156. The molecular weight excluding hydrogens is 340 g/mol. The second-order valence-corrected chi connectivity index (χ2v) is 5.77. The Morgan fingerprint density at radius 3 is 2.35 bits per heavy atom. The van der Waals surface area contributed by atoms with Gasteiger partial charge in [-0.05, 0) is 19.1 Å². The third-order valence-electron chi connectivity index (χ3n) is 4.15. The van der Waals surface area contributed by atoms with E-state index in [9.17, 15) is 19.8 Å². The number of hydrogen-bond acceptors (Lipinski definition) is 5. The Kier molecular flexibility index (Phi) is 5.86. The fourth-order valence-corrected chi connectivity index (χ4v) is 3.00. The lowest BCUT2D eigenvalue weighted by atomic mass is 9.91. The van der Waals surface area contributed by atoms with E-state index in [1.54, 1.807) is 35.9 Å². The molecule has 2 N–H and O–H groups in total. The average Bonchev–Trinajstić information content (AvgIpc) is 2.98. The molecule has 26 heavy (non-hydrogen) atoms. The van der Waals surface area contributed by atoms with Crippen molar-refractivity contribution < 1.29 is 29.3 Å². The lowest BCUT2D eigenvalue weighted by Crippen LogP contribution is -2.34. The van der Waals surface area contributed by atoms with Crippen LogP contribution in [-0.2, 0) is 16.0 Å². The summed E-state index contributed by atoms with van der Waals surface area (Å²) in [5, 5.41) is 19.2. The van der Waals surface area contributed by atoms with Crippen molar-refractivity contribution in [2.45, 2.75) is 26.3 Å². The molecule has 0 saturated heterocycles. The Hall–Kier alpha value is -3.03. The van der Waals surface area contributed by atoms with Crippen molar-refractivity contribution in [1.29, 1.82) is 0 Å². The number of hydrogen-bond donors (Lipinski definition) is 2. The van der Waals surface area contributed by atoms with Crippen LogP contribution in [-0.4, -0.2) is 45.9 Å². The molecule has 140 valence electrons. The Bertz CT molecular complexity index is 800. The second-order valence-electron chi connectivity index (χ2n) is 5.77. The summed E-state index contributed by atoms with van der Waals surface area (Å²) >= 11 is 0. The number of imidazole rings is 1. The maximum absolute atomic E-state index is 11.8. The topological polar surface area (TPSA) is 111 Å². The molecule has 1 aromatic heterocycles. The van der Waals surface area contributed by atoms with Gasteiger partial charge in [-0.25, -0.2) is 4.98 Å². The van der Waals surface area contributed by atoms with Gasteiger partial charge in [0, 0.05) is 24.2 Å². The van der Waals surface area contributed by atoms with Crippen molar-refractivity contribution in [3.8, 4) is 11.5 Å². The molecule has 0 radical (unpaired) electrons. The average molecular weight is 362 g/mol. The summed E-state index contributed by atoms with van der Waals surface area (Å²) in [5.74, 6) is -3.13. The molecule has 1 unspecified atom stereocenters. The van der Waals surface area contributed by atoms with Crippen LogP contribution in [0.1, 0.15) is 30.0 Å². The van der Waals surface area contributed by atoms with Gasteiger partial charge in [0.2, 0.25) is 0 Å². The molecule has 0 amide bonds. The van der Waals surface area contributed by atoms with E-state index in [0.717, 1.165) is 0 Å². The molecular formula is C18H22N2O6. The number of aromatic nitrogens is 2. The fourth-order valence-electron chi connectivity index (χ4n) is 3.00. The third-order valence-corrected chi connectivity index (χ3v) is 4.15. The lowest BCUT2D eigenvalue weighted by Gasteiger charge is -2.26. The van der Waals surface area contributed by atoms with E-state index in [-0.39, 0.29) is 0 Å². The van der Waals surface area contributed by atoms with E-state index >= 15 is 0 Å². The maximum atomic E-state index is 11.8. The SMILES string of the molecule is CCc1nc(C)cn1C(c1ccc(OC)cc1OC)C(C(=O)O)C(=O)O. The van der Waals surface area contributed by atoms with Gasteiger partial charge in [-0.15, -0.1) is 0 Å². The van der Waals surface area contributed by atoms with Crippen LogP contribution in [0, 0.1) is 12.8 Å². The number of aryl methyl sites for hydroxylation is 2. The van der Waals surface area contributed by atoms with Crippen molar-refractivity contribution >= 4 is 11.9 Å². The minimum absolute atomic E-state index is 0.343. The van der Waals surface area contributed by atoms with Gasteiger partial charge in [0.25, 0.3) is 0 Å². The van der Waals surface area contributed by atoms with Gasteiger partial charge >= 0.3 is 11.9 Å². The van der Waals surface area contributed by atoms with Gasteiger partial charge < -0.3 is 24.3 Å². The van der Waals surface area contributed by atoms with Crippen LogP contribution in [0.2, 0.25) is 0 Å². The van der Waals surface area contributed by atoms with Crippen LogP contribution in [0.15, 0.2) is 24.4 Å². The fraction of sp³-hybridized carbons (Fsp3) is 0.389. The monoisotopic (exact) mass is 362 g/mol. The number of carboxylic acid groups (broad SMARTS) is 2. The quantitative estimate of drug-likeness (QED) is 0.692. The predicted molar refractivity (Wildman–Crippen MR) is 92.8 cm³/mol. The zero-order valence-corrected chi connectivity index (χ0v) is 15.1. The minimum atomic E-state index is -1.71. The van der Waals surface area contributed by atoms with Crippen LogP contribution in [0.3, 0.4) is 0 Å². The van der Waals surface area contributed by atoms with Crippen molar-refractivity contribution in [3.05, 3.63) is 41.5 Å². The van der Waals surface area contributed by atoms with Crippen LogP contribution in [0.5, 0.6) is 11.5 Å². The zero-order chi connectivity index (χ0) is 19.4. The molecule has 0 bridgehead atoms. The molecule has 0 aliphatic carbocycles.